The number of carbonyl (C=O) groups is 1. The van der Waals surface area contributed by atoms with E-state index >= 15 is 0 Å². The Labute approximate surface area is 101 Å². The van der Waals surface area contributed by atoms with Crippen LogP contribution in [0.25, 0.3) is 0 Å². The Hall–Kier alpha value is -0.0500. The Balaban J connectivity index is 2.18. The van der Waals surface area contributed by atoms with Crippen molar-refractivity contribution in [1.29, 1.82) is 0 Å². The van der Waals surface area contributed by atoms with Crippen LogP contribution in [0.3, 0.4) is 0 Å². The SMILES string of the molecule is CC(C)CC(Br)CNC(=O)C1CC1(C)C. The molecule has 0 bridgehead atoms. The fraction of sp³-hybridized carbons (Fsp3) is 0.917. The molecule has 0 heterocycles. The van der Waals surface area contributed by atoms with E-state index in [0.29, 0.717) is 10.7 Å². The van der Waals surface area contributed by atoms with Crippen molar-refractivity contribution in [3.05, 3.63) is 0 Å². The topological polar surface area (TPSA) is 29.1 Å². The standard InChI is InChI=1S/C12H22BrNO/c1-8(2)5-9(13)7-14-11(15)10-6-12(10,3)4/h8-10H,5-7H2,1-4H3,(H,14,15). The van der Waals surface area contributed by atoms with Crippen LogP contribution in [0, 0.1) is 17.3 Å². The van der Waals surface area contributed by atoms with Gasteiger partial charge in [0.1, 0.15) is 0 Å². The molecule has 0 radical (unpaired) electrons. The lowest BCUT2D eigenvalue weighted by molar-refractivity contribution is -0.122. The molecular formula is C12H22BrNO. The first-order valence-corrected chi connectivity index (χ1v) is 6.66. The molecule has 3 heteroatoms. The summed E-state index contributed by atoms with van der Waals surface area (Å²) in [7, 11) is 0. The zero-order valence-electron chi connectivity index (χ0n) is 10.1. The average molecular weight is 276 g/mol. The maximum atomic E-state index is 11.7. The molecule has 15 heavy (non-hydrogen) atoms. The molecule has 1 amide bonds. The molecule has 1 N–H and O–H groups in total. The van der Waals surface area contributed by atoms with Gasteiger partial charge in [-0.2, -0.15) is 0 Å². The lowest BCUT2D eigenvalue weighted by Gasteiger charge is -2.13. The van der Waals surface area contributed by atoms with Gasteiger partial charge in [0.15, 0.2) is 0 Å². The van der Waals surface area contributed by atoms with Crippen LogP contribution in [0.4, 0.5) is 0 Å². The molecular weight excluding hydrogens is 254 g/mol. The van der Waals surface area contributed by atoms with Gasteiger partial charge in [0, 0.05) is 17.3 Å². The number of rotatable bonds is 5. The second kappa shape index (κ2) is 4.86. The van der Waals surface area contributed by atoms with E-state index in [-0.39, 0.29) is 17.2 Å². The number of carbonyl (C=O) groups excluding carboxylic acids is 1. The highest BCUT2D eigenvalue weighted by molar-refractivity contribution is 9.09. The first-order valence-electron chi connectivity index (χ1n) is 5.74. The molecule has 88 valence electrons. The third kappa shape index (κ3) is 4.13. The Kier molecular flexibility index (Phi) is 4.21. The highest BCUT2D eigenvalue weighted by atomic mass is 79.9. The number of hydrogen-bond acceptors (Lipinski definition) is 1. The van der Waals surface area contributed by atoms with Gasteiger partial charge in [0.2, 0.25) is 5.91 Å². The van der Waals surface area contributed by atoms with Crippen molar-refractivity contribution in [3.8, 4) is 0 Å². The highest BCUT2D eigenvalue weighted by Crippen LogP contribution is 2.51. The summed E-state index contributed by atoms with van der Waals surface area (Å²) in [5, 5.41) is 3.02. The predicted molar refractivity (Wildman–Crippen MR) is 67.1 cm³/mol. The van der Waals surface area contributed by atoms with E-state index in [2.05, 4.69) is 48.9 Å². The molecule has 0 spiro atoms. The van der Waals surface area contributed by atoms with Crippen LogP contribution in [0.2, 0.25) is 0 Å². The monoisotopic (exact) mass is 275 g/mol. The zero-order valence-corrected chi connectivity index (χ0v) is 11.7. The third-order valence-electron chi connectivity index (χ3n) is 3.05. The first-order chi connectivity index (χ1) is 6.83. The normalized spacial score (nSPS) is 25.1. The van der Waals surface area contributed by atoms with Crippen molar-refractivity contribution in [2.45, 2.75) is 45.4 Å². The summed E-state index contributed by atoms with van der Waals surface area (Å²) in [5.41, 5.74) is 0.240. The summed E-state index contributed by atoms with van der Waals surface area (Å²) in [6, 6.07) is 0. The summed E-state index contributed by atoms with van der Waals surface area (Å²) in [6.07, 6.45) is 2.14. The van der Waals surface area contributed by atoms with Gasteiger partial charge in [-0.25, -0.2) is 0 Å². The highest BCUT2D eigenvalue weighted by Gasteiger charge is 2.50. The van der Waals surface area contributed by atoms with E-state index in [1.165, 1.54) is 0 Å². The Morgan fingerprint density at radius 3 is 2.47 bits per heavy atom. The van der Waals surface area contributed by atoms with E-state index in [9.17, 15) is 4.79 Å². The van der Waals surface area contributed by atoms with Crippen molar-refractivity contribution in [1.82, 2.24) is 5.32 Å². The number of amides is 1. The molecule has 0 aromatic rings. The molecule has 1 aliphatic rings. The van der Waals surface area contributed by atoms with Crippen molar-refractivity contribution in [2.75, 3.05) is 6.54 Å². The summed E-state index contributed by atoms with van der Waals surface area (Å²) >= 11 is 3.59. The molecule has 2 atom stereocenters. The van der Waals surface area contributed by atoms with E-state index in [4.69, 9.17) is 0 Å². The van der Waals surface area contributed by atoms with Gasteiger partial charge in [-0.3, -0.25) is 4.79 Å². The summed E-state index contributed by atoms with van der Waals surface area (Å²) in [5.74, 6) is 1.15. The van der Waals surface area contributed by atoms with Gasteiger partial charge >= 0.3 is 0 Å². The number of alkyl halides is 1. The lowest BCUT2D eigenvalue weighted by atomic mass is 10.1. The van der Waals surface area contributed by atoms with Gasteiger partial charge in [-0.05, 0) is 24.2 Å². The summed E-state index contributed by atoms with van der Waals surface area (Å²) in [4.78, 5) is 12.1. The van der Waals surface area contributed by atoms with Gasteiger partial charge in [0.25, 0.3) is 0 Å². The molecule has 0 saturated heterocycles. The second-order valence-corrected chi connectivity index (χ2v) is 7.01. The van der Waals surface area contributed by atoms with E-state index < -0.39 is 0 Å². The van der Waals surface area contributed by atoms with Crippen LogP contribution in [-0.4, -0.2) is 17.3 Å². The Bertz CT molecular complexity index is 238. The molecule has 0 aliphatic heterocycles. The molecule has 1 aliphatic carbocycles. The molecule has 1 rings (SSSR count). The molecule has 1 fully saturated rings. The molecule has 2 unspecified atom stereocenters. The van der Waals surface area contributed by atoms with E-state index in [1.54, 1.807) is 0 Å². The fourth-order valence-electron chi connectivity index (χ4n) is 1.84. The number of hydrogen-bond donors (Lipinski definition) is 1. The van der Waals surface area contributed by atoms with Gasteiger partial charge in [-0.1, -0.05) is 43.6 Å². The second-order valence-electron chi connectivity index (χ2n) is 5.72. The lowest BCUT2D eigenvalue weighted by Crippen LogP contribution is -2.32. The maximum absolute atomic E-state index is 11.7. The first kappa shape index (κ1) is 13.0. The van der Waals surface area contributed by atoms with Crippen LogP contribution >= 0.6 is 15.9 Å². The minimum atomic E-state index is 0.230. The number of nitrogens with one attached hydrogen (secondary N) is 1. The van der Waals surface area contributed by atoms with Crippen molar-refractivity contribution >= 4 is 21.8 Å². The fourth-order valence-corrected chi connectivity index (χ4v) is 2.75. The summed E-state index contributed by atoms with van der Waals surface area (Å²) < 4.78 is 0. The predicted octanol–water partition coefficient (Wildman–Crippen LogP) is 2.96. The minimum absolute atomic E-state index is 0.230. The zero-order chi connectivity index (χ0) is 11.6. The van der Waals surface area contributed by atoms with Crippen LogP contribution in [-0.2, 0) is 4.79 Å². The van der Waals surface area contributed by atoms with Crippen molar-refractivity contribution in [2.24, 2.45) is 17.3 Å². The largest absolute Gasteiger partial charge is 0.355 e. The molecule has 0 aromatic carbocycles. The van der Waals surface area contributed by atoms with Crippen molar-refractivity contribution in [3.63, 3.8) is 0 Å². The maximum Gasteiger partial charge on any atom is 0.223 e. The molecule has 1 saturated carbocycles. The minimum Gasteiger partial charge on any atom is -0.355 e. The summed E-state index contributed by atoms with van der Waals surface area (Å²) in [6.45, 7) is 9.44. The molecule has 2 nitrogen and oxygen atoms in total. The van der Waals surface area contributed by atoms with Gasteiger partial charge in [-0.15, -0.1) is 0 Å². The quantitative estimate of drug-likeness (QED) is 0.768. The van der Waals surface area contributed by atoms with Crippen LogP contribution in [0.1, 0.15) is 40.5 Å². The Morgan fingerprint density at radius 1 is 1.53 bits per heavy atom. The number of halogens is 1. The van der Waals surface area contributed by atoms with Gasteiger partial charge in [0.05, 0.1) is 0 Å². The van der Waals surface area contributed by atoms with Crippen LogP contribution in [0.15, 0.2) is 0 Å². The van der Waals surface area contributed by atoms with E-state index in [0.717, 1.165) is 19.4 Å². The Morgan fingerprint density at radius 2 is 2.07 bits per heavy atom. The van der Waals surface area contributed by atoms with Gasteiger partial charge < -0.3 is 5.32 Å². The van der Waals surface area contributed by atoms with Crippen LogP contribution < -0.4 is 5.32 Å². The smallest absolute Gasteiger partial charge is 0.223 e. The van der Waals surface area contributed by atoms with Crippen molar-refractivity contribution < 1.29 is 4.79 Å². The van der Waals surface area contributed by atoms with E-state index in [1.807, 2.05) is 0 Å². The average Bonchev–Trinajstić information content (AvgIpc) is 2.70. The molecule has 0 aromatic heterocycles. The third-order valence-corrected chi connectivity index (χ3v) is 3.75. The van der Waals surface area contributed by atoms with Crippen LogP contribution in [0.5, 0.6) is 0 Å².